The van der Waals surface area contributed by atoms with E-state index in [-0.39, 0.29) is 4.90 Å². The van der Waals surface area contributed by atoms with E-state index < -0.39 is 20.7 Å². The minimum Gasteiger partial charge on any atom is -0.199 e. The van der Waals surface area contributed by atoms with Crippen molar-refractivity contribution in [1.29, 1.82) is 0 Å². The van der Waals surface area contributed by atoms with Gasteiger partial charge in [0.2, 0.25) is 0 Å². The molecule has 0 N–H and O–H groups in total. The number of rotatable bonds is 3. The molecule has 3 nitrogen and oxygen atoms in total. The monoisotopic (exact) mass is 379 g/mol. The largest absolute Gasteiger partial charge is 0.288 e. The second-order valence-corrected chi connectivity index (χ2v) is 9.53. The highest BCUT2D eigenvalue weighted by molar-refractivity contribution is 8.05. The molecule has 0 fully saturated rings. The summed E-state index contributed by atoms with van der Waals surface area (Å²) in [4.78, 5) is 2.11. The molecular formula is C21H17NO2S2. The molecule has 0 radical (unpaired) electrons. The van der Waals surface area contributed by atoms with Gasteiger partial charge in [0.25, 0.3) is 10.0 Å². The lowest BCUT2D eigenvalue weighted by atomic mass is 10.1. The van der Waals surface area contributed by atoms with Crippen LogP contribution in [0, 0.1) is 6.92 Å². The summed E-state index contributed by atoms with van der Waals surface area (Å²) >= 11 is 0. The fraction of sp³-hybridized carbons (Fsp3) is 0.0476. The van der Waals surface area contributed by atoms with Crippen molar-refractivity contribution in [1.82, 2.24) is 0 Å². The molecule has 1 atom stereocenters. The molecule has 5 heteroatoms. The Labute approximate surface area is 156 Å². The van der Waals surface area contributed by atoms with Gasteiger partial charge in [0, 0.05) is 9.80 Å². The summed E-state index contributed by atoms with van der Waals surface area (Å²) in [5.41, 5.74) is 3.04. The molecule has 0 saturated heterocycles. The average Bonchev–Trinajstić information content (AvgIpc) is 3.01. The highest BCUT2D eigenvalue weighted by Gasteiger charge is 2.24. The van der Waals surface area contributed by atoms with Crippen LogP contribution in [-0.4, -0.2) is 8.42 Å². The van der Waals surface area contributed by atoms with Gasteiger partial charge >= 0.3 is 0 Å². The van der Waals surface area contributed by atoms with Crippen molar-refractivity contribution in [2.45, 2.75) is 16.7 Å². The van der Waals surface area contributed by atoms with E-state index in [4.69, 9.17) is 0 Å². The maximum atomic E-state index is 12.9. The van der Waals surface area contributed by atoms with Crippen LogP contribution in [0.3, 0.4) is 0 Å². The molecule has 0 bridgehead atoms. The summed E-state index contributed by atoms with van der Waals surface area (Å²) in [6.07, 6.45) is 2.04. The third kappa shape index (κ3) is 3.16. The number of benzene rings is 3. The number of fused-ring (bicyclic) bond motifs is 1. The van der Waals surface area contributed by atoms with Crippen LogP contribution in [0.5, 0.6) is 0 Å². The fourth-order valence-corrected chi connectivity index (χ4v) is 6.46. The molecule has 130 valence electrons. The second kappa shape index (κ2) is 6.67. The lowest BCUT2D eigenvalue weighted by Crippen LogP contribution is -2.01. The van der Waals surface area contributed by atoms with Crippen molar-refractivity contribution in [3.8, 4) is 0 Å². The first-order valence-electron chi connectivity index (χ1n) is 8.20. The first-order valence-corrected chi connectivity index (χ1v) is 10.8. The fourth-order valence-electron chi connectivity index (χ4n) is 2.82. The molecule has 4 rings (SSSR count). The van der Waals surface area contributed by atoms with Gasteiger partial charge in [-0.1, -0.05) is 66.2 Å². The second-order valence-electron chi connectivity index (χ2n) is 6.06. The smallest absolute Gasteiger partial charge is 0.199 e. The zero-order chi connectivity index (χ0) is 18.1. The Morgan fingerprint density at radius 2 is 1.46 bits per heavy atom. The highest BCUT2D eigenvalue weighted by Crippen LogP contribution is 2.38. The number of aryl methyl sites for hydroxylation is 1. The van der Waals surface area contributed by atoms with E-state index in [2.05, 4.69) is 3.77 Å². The minimum atomic E-state index is -3.75. The van der Waals surface area contributed by atoms with Crippen molar-refractivity contribution in [2.24, 2.45) is 3.77 Å². The number of hydrogen-bond donors (Lipinski definition) is 0. The summed E-state index contributed by atoms with van der Waals surface area (Å²) in [5, 5.41) is 0. The highest BCUT2D eigenvalue weighted by atomic mass is 32.3. The van der Waals surface area contributed by atoms with Crippen LogP contribution >= 0.6 is 0 Å². The summed E-state index contributed by atoms with van der Waals surface area (Å²) in [6.45, 7) is 1.93. The number of nitrogens with zero attached hydrogens (tertiary/aromatic N) is 1. The van der Waals surface area contributed by atoms with Crippen molar-refractivity contribution >= 4 is 31.7 Å². The van der Waals surface area contributed by atoms with Gasteiger partial charge in [-0.15, -0.1) is 3.77 Å². The van der Waals surface area contributed by atoms with Crippen molar-refractivity contribution < 1.29 is 8.42 Å². The Kier molecular flexibility index (Phi) is 4.34. The molecule has 1 aliphatic heterocycles. The normalized spacial score (nSPS) is 16.3. The molecule has 1 aliphatic rings. The zero-order valence-electron chi connectivity index (χ0n) is 14.2. The molecule has 1 unspecified atom stereocenters. The predicted octanol–water partition coefficient (Wildman–Crippen LogP) is 5.06. The Bertz CT molecular complexity index is 1130. The molecule has 0 amide bonds. The zero-order valence-corrected chi connectivity index (χ0v) is 15.8. The van der Waals surface area contributed by atoms with E-state index in [0.29, 0.717) is 0 Å². The van der Waals surface area contributed by atoms with Crippen molar-refractivity contribution in [3.63, 3.8) is 0 Å². The summed E-state index contributed by atoms with van der Waals surface area (Å²) < 4.78 is 30.1. The third-order valence-electron chi connectivity index (χ3n) is 4.17. The molecule has 3 aromatic rings. The lowest BCUT2D eigenvalue weighted by Gasteiger charge is -2.09. The average molecular weight is 380 g/mol. The number of sulfonamides is 1. The Morgan fingerprint density at radius 1 is 0.808 bits per heavy atom. The van der Waals surface area contributed by atoms with Gasteiger partial charge in [-0.3, -0.25) is 0 Å². The molecule has 0 aliphatic carbocycles. The Morgan fingerprint density at radius 3 is 2.19 bits per heavy atom. The van der Waals surface area contributed by atoms with Gasteiger partial charge in [-0.25, -0.2) is 0 Å². The third-order valence-corrected chi connectivity index (χ3v) is 7.98. The van der Waals surface area contributed by atoms with E-state index in [9.17, 15) is 8.42 Å². The summed E-state index contributed by atoms with van der Waals surface area (Å²) in [5.74, 6) is 0. The summed E-state index contributed by atoms with van der Waals surface area (Å²) in [6, 6.07) is 24.5. The molecule has 0 aromatic heterocycles. The van der Waals surface area contributed by atoms with Crippen molar-refractivity contribution in [3.05, 3.63) is 95.6 Å². The Balaban J connectivity index is 1.88. The SMILES string of the molecule is Cc1ccc(S(=O)(=O)/N=S2/C(c3ccccc3)=Cc3ccccc32)cc1. The Hall–Kier alpha value is -2.50. The molecule has 26 heavy (non-hydrogen) atoms. The molecule has 3 aromatic carbocycles. The maximum absolute atomic E-state index is 12.9. The summed E-state index contributed by atoms with van der Waals surface area (Å²) in [7, 11) is -4.62. The maximum Gasteiger partial charge on any atom is 0.288 e. The van der Waals surface area contributed by atoms with Gasteiger partial charge in [0.15, 0.2) is 0 Å². The van der Waals surface area contributed by atoms with Crippen LogP contribution in [0.15, 0.2) is 92.4 Å². The standard InChI is InChI=1S/C21H17NO2S2/c1-16-11-13-19(14-12-16)26(23,24)22-25-20-10-6-5-9-18(20)15-21(25)17-7-3-2-4-8-17/h2-15H,1H3. The molecule has 1 heterocycles. The number of hydrogen-bond acceptors (Lipinski definition) is 2. The van der Waals surface area contributed by atoms with Gasteiger partial charge in [-0.2, -0.15) is 8.42 Å². The van der Waals surface area contributed by atoms with E-state index in [0.717, 1.165) is 26.5 Å². The van der Waals surface area contributed by atoms with E-state index in [1.165, 1.54) is 0 Å². The quantitative estimate of drug-likeness (QED) is 0.639. The van der Waals surface area contributed by atoms with Crippen LogP contribution in [0.2, 0.25) is 0 Å². The lowest BCUT2D eigenvalue weighted by molar-refractivity contribution is 0.598. The molecule has 0 saturated carbocycles. The first-order chi connectivity index (χ1) is 12.5. The first kappa shape index (κ1) is 16.9. The van der Waals surface area contributed by atoms with Gasteiger partial charge < -0.3 is 0 Å². The topological polar surface area (TPSA) is 46.5 Å². The van der Waals surface area contributed by atoms with Crippen molar-refractivity contribution in [2.75, 3.05) is 0 Å². The molecular weight excluding hydrogens is 362 g/mol. The minimum absolute atomic E-state index is 0.229. The van der Waals surface area contributed by atoms with E-state index in [1.54, 1.807) is 24.3 Å². The van der Waals surface area contributed by atoms with Gasteiger partial charge in [0.1, 0.15) is 0 Å². The van der Waals surface area contributed by atoms with E-state index in [1.807, 2.05) is 67.6 Å². The predicted molar refractivity (Wildman–Crippen MR) is 107 cm³/mol. The van der Waals surface area contributed by atoms with Crippen LogP contribution in [-0.2, 0) is 20.7 Å². The van der Waals surface area contributed by atoms with Gasteiger partial charge in [0.05, 0.1) is 4.90 Å². The van der Waals surface area contributed by atoms with Crippen LogP contribution in [0.25, 0.3) is 11.0 Å². The van der Waals surface area contributed by atoms with E-state index >= 15 is 0 Å². The molecule has 0 spiro atoms. The van der Waals surface area contributed by atoms with Crippen LogP contribution in [0.4, 0.5) is 0 Å². The van der Waals surface area contributed by atoms with Crippen LogP contribution < -0.4 is 0 Å². The van der Waals surface area contributed by atoms with Gasteiger partial charge in [-0.05, 0) is 53.0 Å². The van der Waals surface area contributed by atoms with Crippen LogP contribution in [0.1, 0.15) is 16.7 Å².